The van der Waals surface area contributed by atoms with Gasteiger partial charge in [0.15, 0.2) is 0 Å². The first kappa shape index (κ1) is 15.7. The van der Waals surface area contributed by atoms with E-state index in [1.807, 2.05) is 0 Å². The average Bonchev–Trinajstić information content (AvgIpc) is 3.26. The molecule has 1 atom stereocenters. The maximum Gasteiger partial charge on any atom is 0.0926 e. The lowest BCUT2D eigenvalue weighted by atomic mass is 10.0. The quantitative estimate of drug-likeness (QED) is 0.934. The molecular weight excluding hydrogens is 300 g/mol. The van der Waals surface area contributed by atoms with Gasteiger partial charge in [0.1, 0.15) is 0 Å². The topological polar surface area (TPSA) is 44.5 Å². The molecule has 1 fully saturated rings. The van der Waals surface area contributed by atoms with Gasteiger partial charge in [-0.2, -0.15) is 5.10 Å². The number of aryl methyl sites for hydroxylation is 1. The van der Waals surface area contributed by atoms with E-state index in [0.29, 0.717) is 6.04 Å². The monoisotopic (exact) mass is 326 g/mol. The fourth-order valence-electron chi connectivity index (χ4n) is 4.20. The van der Waals surface area contributed by atoms with Crippen molar-refractivity contribution in [3.63, 3.8) is 0 Å². The van der Waals surface area contributed by atoms with Gasteiger partial charge in [-0.25, -0.2) is 0 Å². The van der Waals surface area contributed by atoms with Crippen LogP contribution in [0.25, 0.3) is 0 Å². The van der Waals surface area contributed by atoms with Crippen molar-refractivity contribution in [2.45, 2.75) is 45.5 Å². The molecule has 0 saturated carbocycles. The van der Waals surface area contributed by atoms with Crippen LogP contribution >= 0.6 is 0 Å². The lowest BCUT2D eigenvalue weighted by Gasteiger charge is -2.33. The minimum absolute atomic E-state index is 0.0456. The Morgan fingerprint density at radius 3 is 2.79 bits per heavy atom. The molecule has 1 N–H and O–H groups in total. The van der Waals surface area contributed by atoms with Crippen LogP contribution in [0.3, 0.4) is 0 Å². The van der Waals surface area contributed by atoms with Gasteiger partial charge in [0.25, 0.3) is 0 Å². The third kappa shape index (κ3) is 2.72. The molecule has 24 heavy (non-hydrogen) atoms. The first-order chi connectivity index (χ1) is 11.8. The summed E-state index contributed by atoms with van der Waals surface area (Å²) in [6.07, 6.45) is 2.25. The van der Waals surface area contributed by atoms with Crippen LogP contribution < -0.4 is 4.90 Å². The number of anilines is 1. The van der Waals surface area contributed by atoms with Crippen molar-refractivity contribution in [2.75, 3.05) is 24.5 Å². The maximum absolute atomic E-state index is 9.64. The van der Waals surface area contributed by atoms with Crippen LogP contribution in [0, 0.1) is 0 Å². The lowest BCUT2D eigenvalue weighted by molar-refractivity contribution is 0.187. The van der Waals surface area contributed by atoms with E-state index in [0.717, 1.165) is 44.8 Å². The van der Waals surface area contributed by atoms with Crippen LogP contribution in [-0.4, -0.2) is 45.5 Å². The molecule has 0 spiro atoms. The molecule has 1 aromatic carbocycles. The van der Waals surface area contributed by atoms with Gasteiger partial charge in [-0.3, -0.25) is 9.58 Å². The SMILES string of the molecule is CCn1nc(CO)c2c1CCN(C1CCN(c3ccccc3)C1)C2. The van der Waals surface area contributed by atoms with Crippen molar-refractivity contribution in [1.29, 1.82) is 0 Å². The molecule has 0 bridgehead atoms. The van der Waals surface area contributed by atoms with Crippen LogP contribution in [0.5, 0.6) is 0 Å². The van der Waals surface area contributed by atoms with Crippen molar-refractivity contribution in [3.05, 3.63) is 47.3 Å². The van der Waals surface area contributed by atoms with Gasteiger partial charge < -0.3 is 10.0 Å². The first-order valence-corrected chi connectivity index (χ1v) is 9.02. The Labute approximate surface area is 143 Å². The number of rotatable bonds is 4. The molecular formula is C19H26N4O. The summed E-state index contributed by atoms with van der Waals surface area (Å²) in [6.45, 7) is 7.29. The lowest BCUT2D eigenvalue weighted by Crippen LogP contribution is -2.41. The van der Waals surface area contributed by atoms with E-state index in [-0.39, 0.29) is 6.61 Å². The average molecular weight is 326 g/mol. The fourth-order valence-corrected chi connectivity index (χ4v) is 4.20. The zero-order valence-corrected chi connectivity index (χ0v) is 14.4. The summed E-state index contributed by atoms with van der Waals surface area (Å²) in [7, 11) is 0. The summed E-state index contributed by atoms with van der Waals surface area (Å²) in [5.41, 5.74) is 4.79. The molecule has 5 nitrogen and oxygen atoms in total. The highest BCUT2D eigenvalue weighted by molar-refractivity contribution is 5.47. The minimum Gasteiger partial charge on any atom is -0.390 e. The highest BCUT2D eigenvalue weighted by Gasteiger charge is 2.32. The van der Waals surface area contributed by atoms with Crippen molar-refractivity contribution >= 4 is 5.69 Å². The Morgan fingerprint density at radius 1 is 1.21 bits per heavy atom. The van der Waals surface area contributed by atoms with E-state index in [1.165, 1.54) is 23.4 Å². The summed E-state index contributed by atoms with van der Waals surface area (Å²) in [5, 5.41) is 14.2. The highest BCUT2D eigenvalue weighted by atomic mass is 16.3. The van der Waals surface area contributed by atoms with Gasteiger partial charge in [0, 0.05) is 62.1 Å². The van der Waals surface area contributed by atoms with Gasteiger partial charge in [-0.15, -0.1) is 0 Å². The number of aliphatic hydroxyl groups is 1. The molecule has 2 aliphatic heterocycles. The fraction of sp³-hybridized carbons (Fsp3) is 0.526. The number of para-hydroxylation sites is 1. The predicted molar refractivity (Wildman–Crippen MR) is 95.0 cm³/mol. The Hall–Kier alpha value is -1.85. The molecule has 128 valence electrons. The molecule has 2 aromatic rings. The Balaban J connectivity index is 1.48. The molecule has 1 aromatic heterocycles. The normalized spacial score (nSPS) is 21.2. The molecule has 1 saturated heterocycles. The summed E-state index contributed by atoms with van der Waals surface area (Å²) in [4.78, 5) is 5.08. The number of hydrogen-bond acceptors (Lipinski definition) is 4. The predicted octanol–water partition coefficient (Wildman–Crippen LogP) is 2.03. The third-order valence-corrected chi connectivity index (χ3v) is 5.50. The third-order valence-electron chi connectivity index (χ3n) is 5.50. The Kier molecular flexibility index (Phi) is 4.29. The molecule has 4 rings (SSSR count). The standard InChI is InChI=1S/C19H26N4O/c1-2-23-19-9-11-22(13-17(19)18(14-24)20-23)16-8-10-21(12-16)15-6-4-3-5-7-15/h3-7,16,24H,2,8-14H2,1H3. The minimum atomic E-state index is 0.0456. The highest BCUT2D eigenvalue weighted by Crippen LogP contribution is 2.28. The van der Waals surface area contributed by atoms with Gasteiger partial charge in [0.05, 0.1) is 12.3 Å². The van der Waals surface area contributed by atoms with E-state index in [4.69, 9.17) is 0 Å². The van der Waals surface area contributed by atoms with E-state index in [1.54, 1.807) is 0 Å². The first-order valence-electron chi connectivity index (χ1n) is 9.02. The van der Waals surface area contributed by atoms with Gasteiger partial charge in [-0.05, 0) is 25.5 Å². The van der Waals surface area contributed by atoms with E-state index in [2.05, 4.69) is 56.8 Å². The van der Waals surface area contributed by atoms with Crippen LogP contribution in [0.4, 0.5) is 5.69 Å². The number of fused-ring (bicyclic) bond motifs is 1. The number of hydrogen-bond donors (Lipinski definition) is 1. The van der Waals surface area contributed by atoms with Gasteiger partial charge in [-0.1, -0.05) is 18.2 Å². The van der Waals surface area contributed by atoms with E-state index in [9.17, 15) is 5.11 Å². The van der Waals surface area contributed by atoms with E-state index < -0.39 is 0 Å². The van der Waals surface area contributed by atoms with Gasteiger partial charge >= 0.3 is 0 Å². The molecule has 0 aliphatic carbocycles. The molecule has 3 heterocycles. The van der Waals surface area contributed by atoms with Crippen LogP contribution in [-0.2, 0) is 26.1 Å². The van der Waals surface area contributed by atoms with Crippen molar-refractivity contribution < 1.29 is 5.11 Å². The van der Waals surface area contributed by atoms with Crippen molar-refractivity contribution in [1.82, 2.24) is 14.7 Å². The molecule has 0 amide bonds. The second-order valence-corrected chi connectivity index (χ2v) is 6.79. The maximum atomic E-state index is 9.64. The molecule has 5 heteroatoms. The van der Waals surface area contributed by atoms with Crippen LogP contribution in [0.15, 0.2) is 30.3 Å². The van der Waals surface area contributed by atoms with Gasteiger partial charge in [0.2, 0.25) is 0 Å². The van der Waals surface area contributed by atoms with Crippen molar-refractivity contribution in [2.24, 2.45) is 0 Å². The zero-order valence-electron chi connectivity index (χ0n) is 14.4. The molecule has 0 radical (unpaired) electrons. The molecule has 2 aliphatic rings. The van der Waals surface area contributed by atoms with E-state index >= 15 is 0 Å². The number of nitrogens with zero attached hydrogens (tertiary/aromatic N) is 4. The summed E-state index contributed by atoms with van der Waals surface area (Å²) in [5.74, 6) is 0. The Bertz CT molecular complexity index is 697. The second kappa shape index (κ2) is 6.57. The van der Waals surface area contributed by atoms with Crippen molar-refractivity contribution in [3.8, 4) is 0 Å². The second-order valence-electron chi connectivity index (χ2n) is 6.79. The smallest absolute Gasteiger partial charge is 0.0926 e. The van der Waals surface area contributed by atoms with Crippen LogP contribution in [0.1, 0.15) is 30.3 Å². The summed E-state index contributed by atoms with van der Waals surface area (Å²) >= 11 is 0. The number of aliphatic hydroxyl groups excluding tert-OH is 1. The molecule has 1 unspecified atom stereocenters. The summed E-state index contributed by atoms with van der Waals surface area (Å²) < 4.78 is 2.07. The summed E-state index contributed by atoms with van der Waals surface area (Å²) in [6, 6.07) is 11.3. The zero-order chi connectivity index (χ0) is 16.5. The number of benzene rings is 1. The largest absolute Gasteiger partial charge is 0.390 e. The number of aromatic nitrogens is 2. The Morgan fingerprint density at radius 2 is 2.04 bits per heavy atom. The van der Waals surface area contributed by atoms with Crippen LogP contribution in [0.2, 0.25) is 0 Å².